The molecule has 0 aliphatic carbocycles. The van der Waals surface area contributed by atoms with E-state index in [0.717, 1.165) is 13.0 Å². The van der Waals surface area contributed by atoms with E-state index in [1.165, 1.54) is 5.57 Å². The van der Waals surface area contributed by atoms with E-state index < -0.39 is 11.9 Å². The van der Waals surface area contributed by atoms with E-state index in [1.807, 2.05) is 13.8 Å². The SMILES string of the molecule is CC(C)=CCCN1CC(=O)OC(=O)C1. The normalized spacial score (nSPS) is 17.9. The maximum atomic E-state index is 10.9. The van der Waals surface area contributed by atoms with Crippen LogP contribution in [0.2, 0.25) is 0 Å². The third kappa shape index (κ3) is 3.70. The van der Waals surface area contributed by atoms with Crippen molar-refractivity contribution in [3.05, 3.63) is 11.6 Å². The van der Waals surface area contributed by atoms with E-state index in [2.05, 4.69) is 10.8 Å². The summed E-state index contributed by atoms with van der Waals surface area (Å²) in [4.78, 5) is 23.6. The number of esters is 2. The quantitative estimate of drug-likeness (QED) is 0.380. The van der Waals surface area contributed by atoms with Crippen LogP contribution in [0.5, 0.6) is 0 Å². The van der Waals surface area contributed by atoms with Crippen molar-refractivity contribution in [3.8, 4) is 0 Å². The molecule has 0 atom stereocenters. The zero-order valence-electron chi connectivity index (χ0n) is 8.58. The molecule has 0 aromatic heterocycles. The summed E-state index contributed by atoms with van der Waals surface area (Å²) >= 11 is 0. The lowest BCUT2D eigenvalue weighted by molar-refractivity contribution is -0.166. The predicted octanol–water partition coefficient (Wildman–Crippen LogP) is 0.728. The summed E-state index contributed by atoms with van der Waals surface area (Å²) in [5, 5.41) is 0. The van der Waals surface area contributed by atoms with Gasteiger partial charge in [0.1, 0.15) is 0 Å². The van der Waals surface area contributed by atoms with Crippen LogP contribution in [0.15, 0.2) is 11.6 Å². The minimum atomic E-state index is -0.446. The summed E-state index contributed by atoms with van der Waals surface area (Å²) in [7, 11) is 0. The van der Waals surface area contributed by atoms with Crippen LogP contribution >= 0.6 is 0 Å². The van der Waals surface area contributed by atoms with Crippen LogP contribution in [0, 0.1) is 0 Å². The summed E-state index contributed by atoms with van der Waals surface area (Å²) < 4.78 is 4.41. The van der Waals surface area contributed by atoms with Crippen LogP contribution in [0.1, 0.15) is 20.3 Å². The molecular weight excluding hydrogens is 182 g/mol. The van der Waals surface area contributed by atoms with Gasteiger partial charge in [-0.1, -0.05) is 11.6 Å². The largest absolute Gasteiger partial charge is 0.391 e. The molecule has 0 radical (unpaired) electrons. The molecule has 1 heterocycles. The lowest BCUT2D eigenvalue weighted by Gasteiger charge is -2.23. The highest BCUT2D eigenvalue weighted by atomic mass is 16.6. The fourth-order valence-electron chi connectivity index (χ4n) is 1.31. The Balaban J connectivity index is 2.34. The number of hydrogen-bond donors (Lipinski definition) is 0. The van der Waals surface area contributed by atoms with E-state index >= 15 is 0 Å². The molecule has 1 rings (SSSR count). The van der Waals surface area contributed by atoms with Crippen LogP contribution < -0.4 is 0 Å². The second kappa shape index (κ2) is 4.91. The van der Waals surface area contributed by atoms with Gasteiger partial charge in [0.2, 0.25) is 0 Å². The molecular formula is C10H15NO3. The molecule has 1 saturated heterocycles. The van der Waals surface area contributed by atoms with Gasteiger partial charge >= 0.3 is 11.9 Å². The van der Waals surface area contributed by atoms with E-state index in [-0.39, 0.29) is 13.1 Å². The fraction of sp³-hybridized carbons (Fsp3) is 0.600. The first kappa shape index (κ1) is 10.9. The Hall–Kier alpha value is -1.16. The highest BCUT2D eigenvalue weighted by Gasteiger charge is 2.23. The molecule has 1 aliphatic rings. The van der Waals surface area contributed by atoms with Crippen molar-refractivity contribution in [2.24, 2.45) is 0 Å². The molecule has 0 aromatic carbocycles. The number of nitrogens with zero attached hydrogens (tertiary/aromatic N) is 1. The Labute approximate surface area is 83.5 Å². The molecule has 0 unspecified atom stereocenters. The maximum Gasteiger partial charge on any atom is 0.327 e. The number of rotatable bonds is 3. The Morgan fingerprint density at radius 3 is 2.43 bits per heavy atom. The Bertz CT molecular complexity index is 251. The van der Waals surface area contributed by atoms with Gasteiger partial charge < -0.3 is 4.74 Å². The second-order valence-corrected chi connectivity index (χ2v) is 3.63. The van der Waals surface area contributed by atoms with Crippen molar-refractivity contribution in [3.63, 3.8) is 0 Å². The van der Waals surface area contributed by atoms with Gasteiger partial charge in [0.05, 0.1) is 13.1 Å². The Morgan fingerprint density at radius 2 is 1.93 bits per heavy atom. The Kier molecular flexibility index (Phi) is 3.83. The van der Waals surface area contributed by atoms with Crippen LogP contribution in [0.4, 0.5) is 0 Å². The Morgan fingerprint density at radius 1 is 1.36 bits per heavy atom. The van der Waals surface area contributed by atoms with Crippen LogP contribution in [-0.2, 0) is 14.3 Å². The van der Waals surface area contributed by atoms with Gasteiger partial charge in [0, 0.05) is 6.54 Å². The van der Waals surface area contributed by atoms with Gasteiger partial charge in [-0.2, -0.15) is 0 Å². The van der Waals surface area contributed by atoms with Gasteiger partial charge in [-0.3, -0.25) is 14.5 Å². The van der Waals surface area contributed by atoms with Crippen LogP contribution in [-0.4, -0.2) is 36.5 Å². The number of carbonyl (C=O) groups excluding carboxylic acids is 2. The summed E-state index contributed by atoms with van der Waals surface area (Å²) in [5.41, 5.74) is 1.25. The molecule has 0 bridgehead atoms. The second-order valence-electron chi connectivity index (χ2n) is 3.63. The third-order valence-electron chi connectivity index (χ3n) is 1.93. The summed E-state index contributed by atoms with van der Waals surface area (Å²) in [5.74, 6) is -0.892. The van der Waals surface area contributed by atoms with Crippen molar-refractivity contribution < 1.29 is 14.3 Å². The minimum Gasteiger partial charge on any atom is -0.391 e. The van der Waals surface area contributed by atoms with Crippen molar-refractivity contribution in [2.45, 2.75) is 20.3 Å². The molecule has 1 fully saturated rings. The first-order valence-corrected chi connectivity index (χ1v) is 4.67. The zero-order chi connectivity index (χ0) is 10.6. The van der Waals surface area contributed by atoms with E-state index in [0.29, 0.717) is 0 Å². The molecule has 0 amide bonds. The average Bonchev–Trinajstić information content (AvgIpc) is 2.01. The number of ether oxygens (including phenoxy) is 1. The number of allylic oxidation sites excluding steroid dienone is 1. The van der Waals surface area contributed by atoms with Crippen molar-refractivity contribution in [2.75, 3.05) is 19.6 Å². The number of cyclic esters (lactones) is 2. The molecule has 4 heteroatoms. The predicted molar refractivity (Wildman–Crippen MR) is 51.6 cm³/mol. The van der Waals surface area contributed by atoms with Crippen LogP contribution in [0.3, 0.4) is 0 Å². The van der Waals surface area contributed by atoms with Gasteiger partial charge in [0.15, 0.2) is 0 Å². The standard InChI is InChI=1S/C10H15NO3/c1-8(2)4-3-5-11-6-9(12)14-10(13)7-11/h4H,3,5-7H2,1-2H3. The zero-order valence-corrected chi connectivity index (χ0v) is 8.58. The van der Waals surface area contributed by atoms with Gasteiger partial charge in [-0.25, -0.2) is 0 Å². The van der Waals surface area contributed by atoms with E-state index in [4.69, 9.17) is 0 Å². The molecule has 0 aromatic rings. The molecule has 0 saturated carbocycles. The highest BCUT2D eigenvalue weighted by molar-refractivity contribution is 5.90. The van der Waals surface area contributed by atoms with Crippen molar-refractivity contribution in [1.29, 1.82) is 0 Å². The summed E-state index contributed by atoms with van der Waals surface area (Å²) in [6.07, 6.45) is 2.95. The van der Waals surface area contributed by atoms with Crippen LogP contribution in [0.25, 0.3) is 0 Å². The smallest absolute Gasteiger partial charge is 0.327 e. The third-order valence-corrected chi connectivity index (χ3v) is 1.93. The number of hydrogen-bond acceptors (Lipinski definition) is 4. The van der Waals surface area contributed by atoms with Crippen molar-refractivity contribution >= 4 is 11.9 Å². The fourth-order valence-corrected chi connectivity index (χ4v) is 1.31. The van der Waals surface area contributed by atoms with Gasteiger partial charge in [-0.05, 0) is 20.3 Å². The first-order chi connectivity index (χ1) is 6.58. The molecule has 4 nitrogen and oxygen atoms in total. The van der Waals surface area contributed by atoms with E-state index in [1.54, 1.807) is 4.90 Å². The molecule has 78 valence electrons. The summed E-state index contributed by atoms with van der Waals surface area (Å²) in [6.45, 7) is 5.22. The lowest BCUT2D eigenvalue weighted by atomic mass is 10.2. The molecule has 14 heavy (non-hydrogen) atoms. The number of carbonyl (C=O) groups is 2. The summed E-state index contributed by atoms with van der Waals surface area (Å²) in [6, 6.07) is 0. The number of morpholine rings is 1. The lowest BCUT2D eigenvalue weighted by Crippen LogP contribution is -2.43. The van der Waals surface area contributed by atoms with Crippen molar-refractivity contribution in [1.82, 2.24) is 4.90 Å². The topological polar surface area (TPSA) is 46.6 Å². The minimum absolute atomic E-state index is 0.225. The molecule has 0 spiro atoms. The highest BCUT2D eigenvalue weighted by Crippen LogP contribution is 2.02. The van der Waals surface area contributed by atoms with Gasteiger partial charge in [-0.15, -0.1) is 0 Å². The van der Waals surface area contributed by atoms with Gasteiger partial charge in [0.25, 0.3) is 0 Å². The monoisotopic (exact) mass is 197 g/mol. The van der Waals surface area contributed by atoms with E-state index in [9.17, 15) is 9.59 Å². The first-order valence-electron chi connectivity index (χ1n) is 4.67. The molecule has 1 aliphatic heterocycles. The average molecular weight is 197 g/mol. The maximum absolute atomic E-state index is 10.9. The molecule has 0 N–H and O–H groups in total.